The minimum absolute atomic E-state index is 0.156. The third-order valence-electron chi connectivity index (χ3n) is 5.03. The normalized spacial score (nSPS) is 15.3. The van der Waals surface area contributed by atoms with Gasteiger partial charge in [-0.05, 0) is 38.1 Å². The molecule has 2 aromatic heterocycles. The van der Waals surface area contributed by atoms with Crippen LogP contribution >= 0.6 is 0 Å². The highest BCUT2D eigenvalue weighted by Gasteiger charge is 2.20. The molecule has 1 fully saturated rings. The van der Waals surface area contributed by atoms with Gasteiger partial charge in [0.15, 0.2) is 0 Å². The topological polar surface area (TPSA) is 100 Å². The van der Waals surface area contributed by atoms with Gasteiger partial charge < -0.3 is 20.7 Å². The number of nitriles is 1. The van der Waals surface area contributed by atoms with E-state index in [2.05, 4.69) is 33.3 Å². The second-order valence-corrected chi connectivity index (χ2v) is 7.05. The summed E-state index contributed by atoms with van der Waals surface area (Å²) in [6, 6.07) is 9.57. The Bertz CT molecular complexity index is 1020. The lowest BCUT2D eigenvalue weighted by Crippen LogP contribution is -2.35. The first-order valence-corrected chi connectivity index (χ1v) is 9.28. The molecule has 0 radical (unpaired) electrons. The Balaban J connectivity index is 1.69. The summed E-state index contributed by atoms with van der Waals surface area (Å²) in [6.07, 6.45) is 7.07. The largest absolute Gasteiger partial charge is 0.488 e. The predicted molar refractivity (Wildman–Crippen MR) is 110 cm³/mol. The lowest BCUT2D eigenvalue weighted by molar-refractivity contribution is 0.115. The fourth-order valence-electron chi connectivity index (χ4n) is 3.42. The van der Waals surface area contributed by atoms with E-state index in [9.17, 15) is 5.26 Å². The predicted octanol–water partition coefficient (Wildman–Crippen LogP) is 3.30. The third-order valence-corrected chi connectivity index (χ3v) is 5.03. The number of piperidine rings is 1. The van der Waals surface area contributed by atoms with Crippen molar-refractivity contribution in [1.82, 2.24) is 14.9 Å². The molecule has 1 aliphatic heterocycles. The molecule has 1 saturated heterocycles. The number of pyridine rings is 2. The molecule has 142 valence electrons. The molecule has 4 rings (SSSR count). The Morgan fingerprint density at radius 3 is 2.71 bits per heavy atom. The molecule has 7 nitrogen and oxygen atoms in total. The van der Waals surface area contributed by atoms with Crippen LogP contribution in [0.4, 0.5) is 17.1 Å². The Hall–Kier alpha value is -3.37. The molecule has 1 aliphatic rings. The maximum atomic E-state index is 9.52. The first-order valence-electron chi connectivity index (χ1n) is 9.28. The number of hydrogen-bond acceptors (Lipinski definition) is 7. The van der Waals surface area contributed by atoms with Gasteiger partial charge in [-0.15, -0.1) is 0 Å². The molecule has 0 bridgehead atoms. The summed E-state index contributed by atoms with van der Waals surface area (Å²) >= 11 is 0. The van der Waals surface area contributed by atoms with E-state index in [1.165, 1.54) is 0 Å². The molecular formula is C21H22N6O. The van der Waals surface area contributed by atoms with Crippen LogP contribution in [0.3, 0.4) is 0 Å². The maximum Gasteiger partial charge on any atom is 0.144 e. The Labute approximate surface area is 163 Å². The van der Waals surface area contributed by atoms with Gasteiger partial charge in [-0.2, -0.15) is 5.26 Å². The number of anilines is 3. The number of ether oxygens (including phenoxy) is 1. The molecular weight excluding hydrogens is 352 g/mol. The third kappa shape index (κ3) is 3.68. The van der Waals surface area contributed by atoms with Crippen molar-refractivity contribution in [1.29, 1.82) is 5.26 Å². The number of hydrogen-bond donors (Lipinski definition) is 2. The zero-order valence-electron chi connectivity index (χ0n) is 15.7. The quantitative estimate of drug-likeness (QED) is 0.676. The standard InChI is InChI=1S/C21H22N6O/c1-27-8-4-16(5-9-27)28-20-11-19-17(10-18(20)23)21(14(12-22)13-25-19)26-15-2-6-24-7-3-15/h2-3,6-7,10-11,13,16H,4-5,8-9,23H2,1H3,(H,24,25,26). The van der Waals surface area contributed by atoms with Crippen LogP contribution in [0, 0.1) is 11.3 Å². The van der Waals surface area contributed by atoms with Gasteiger partial charge in [0.1, 0.15) is 17.9 Å². The van der Waals surface area contributed by atoms with Gasteiger partial charge >= 0.3 is 0 Å². The Morgan fingerprint density at radius 2 is 2.00 bits per heavy atom. The summed E-state index contributed by atoms with van der Waals surface area (Å²) in [5.74, 6) is 0.647. The number of fused-ring (bicyclic) bond motifs is 1. The molecule has 0 amide bonds. The van der Waals surface area contributed by atoms with Gasteiger partial charge in [-0.3, -0.25) is 9.97 Å². The summed E-state index contributed by atoms with van der Waals surface area (Å²) in [4.78, 5) is 10.8. The lowest BCUT2D eigenvalue weighted by atomic mass is 10.1. The van der Waals surface area contributed by atoms with Crippen molar-refractivity contribution in [3.8, 4) is 11.8 Å². The molecule has 3 N–H and O–H groups in total. The number of nitrogens with two attached hydrogens (primary N) is 1. The van der Waals surface area contributed by atoms with Crippen LogP contribution in [0.15, 0.2) is 42.9 Å². The summed E-state index contributed by atoms with van der Waals surface area (Å²) in [5.41, 5.74) is 9.54. The van der Waals surface area contributed by atoms with Crippen LogP contribution in [0.1, 0.15) is 18.4 Å². The number of nitrogens with zero attached hydrogens (tertiary/aromatic N) is 4. The van der Waals surface area contributed by atoms with Gasteiger partial charge in [0, 0.05) is 48.8 Å². The summed E-state index contributed by atoms with van der Waals surface area (Å²) < 4.78 is 6.17. The highest BCUT2D eigenvalue weighted by Crippen LogP contribution is 2.35. The van der Waals surface area contributed by atoms with E-state index < -0.39 is 0 Å². The Morgan fingerprint density at radius 1 is 1.25 bits per heavy atom. The van der Waals surface area contributed by atoms with Crippen molar-refractivity contribution < 1.29 is 4.74 Å². The average Bonchev–Trinajstić information content (AvgIpc) is 2.71. The summed E-state index contributed by atoms with van der Waals surface area (Å²) in [7, 11) is 2.12. The number of likely N-dealkylation sites (tertiary alicyclic amines) is 1. The average molecular weight is 374 g/mol. The molecule has 0 unspecified atom stereocenters. The van der Waals surface area contributed by atoms with Crippen molar-refractivity contribution in [3.63, 3.8) is 0 Å². The van der Waals surface area contributed by atoms with Gasteiger partial charge in [0.25, 0.3) is 0 Å². The van der Waals surface area contributed by atoms with Crippen molar-refractivity contribution >= 4 is 28.0 Å². The fraction of sp³-hybridized carbons (Fsp3) is 0.286. The Kier molecular flexibility index (Phi) is 4.96. The second-order valence-electron chi connectivity index (χ2n) is 7.05. The number of rotatable bonds is 4. The van der Waals surface area contributed by atoms with Gasteiger partial charge in [-0.25, -0.2) is 0 Å². The van der Waals surface area contributed by atoms with E-state index in [-0.39, 0.29) is 6.10 Å². The lowest BCUT2D eigenvalue weighted by Gasteiger charge is -2.29. The van der Waals surface area contributed by atoms with Crippen molar-refractivity contribution in [3.05, 3.63) is 48.4 Å². The van der Waals surface area contributed by atoms with E-state index in [4.69, 9.17) is 10.5 Å². The van der Waals surface area contributed by atoms with Crippen molar-refractivity contribution in [2.75, 3.05) is 31.2 Å². The van der Waals surface area contributed by atoms with Crippen LogP contribution in [0.2, 0.25) is 0 Å². The van der Waals surface area contributed by atoms with Gasteiger partial charge in [0.2, 0.25) is 0 Å². The van der Waals surface area contributed by atoms with Crippen LogP contribution in [0.25, 0.3) is 10.9 Å². The van der Waals surface area contributed by atoms with Gasteiger partial charge in [0.05, 0.1) is 22.5 Å². The molecule has 0 saturated carbocycles. The maximum absolute atomic E-state index is 9.52. The molecule has 3 heterocycles. The minimum Gasteiger partial charge on any atom is -0.488 e. The van der Waals surface area contributed by atoms with Crippen LogP contribution in [0.5, 0.6) is 5.75 Å². The van der Waals surface area contributed by atoms with Crippen molar-refractivity contribution in [2.45, 2.75) is 18.9 Å². The SMILES string of the molecule is CN1CCC(Oc2cc3ncc(C#N)c(Nc4ccncc4)c3cc2N)CC1. The molecule has 1 aromatic carbocycles. The van der Waals surface area contributed by atoms with Crippen molar-refractivity contribution in [2.24, 2.45) is 0 Å². The van der Waals surface area contributed by atoms with E-state index in [1.807, 2.05) is 24.3 Å². The highest BCUT2D eigenvalue weighted by molar-refractivity contribution is 5.98. The monoisotopic (exact) mass is 374 g/mol. The zero-order valence-corrected chi connectivity index (χ0v) is 15.7. The first-order chi connectivity index (χ1) is 13.6. The molecule has 7 heteroatoms. The van der Waals surface area contributed by atoms with E-state index in [0.29, 0.717) is 22.7 Å². The smallest absolute Gasteiger partial charge is 0.144 e. The molecule has 0 spiro atoms. The summed E-state index contributed by atoms with van der Waals surface area (Å²) in [6.45, 7) is 2.03. The number of nitrogens with one attached hydrogen (secondary N) is 1. The van der Waals surface area contributed by atoms with E-state index >= 15 is 0 Å². The summed E-state index contributed by atoms with van der Waals surface area (Å²) in [5, 5.41) is 13.6. The second kappa shape index (κ2) is 7.71. The number of benzene rings is 1. The minimum atomic E-state index is 0.156. The molecule has 3 aromatic rings. The fourth-order valence-corrected chi connectivity index (χ4v) is 3.42. The highest BCUT2D eigenvalue weighted by atomic mass is 16.5. The van der Waals surface area contributed by atoms with Gasteiger partial charge in [-0.1, -0.05) is 0 Å². The number of nitrogen functional groups attached to an aromatic ring is 1. The van der Waals surface area contributed by atoms with Crippen LogP contribution in [-0.2, 0) is 0 Å². The van der Waals surface area contributed by atoms with Crippen LogP contribution in [-0.4, -0.2) is 41.1 Å². The van der Waals surface area contributed by atoms with E-state index in [0.717, 1.165) is 42.5 Å². The molecule has 28 heavy (non-hydrogen) atoms. The molecule has 0 aliphatic carbocycles. The first kappa shape index (κ1) is 18.0. The van der Waals surface area contributed by atoms with E-state index in [1.54, 1.807) is 18.6 Å². The zero-order chi connectivity index (χ0) is 19.5. The van der Waals surface area contributed by atoms with Crippen LogP contribution < -0.4 is 15.8 Å². The number of aromatic nitrogens is 2. The molecule has 0 atom stereocenters.